The number of hydrogen-bond donors (Lipinski definition) is 1. The lowest BCUT2D eigenvalue weighted by atomic mass is 10.2. The summed E-state index contributed by atoms with van der Waals surface area (Å²) >= 11 is 5.73. The van der Waals surface area contributed by atoms with Crippen LogP contribution in [0.25, 0.3) is 0 Å². The van der Waals surface area contributed by atoms with E-state index in [-0.39, 0.29) is 0 Å². The van der Waals surface area contributed by atoms with Crippen LogP contribution in [0.3, 0.4) is 0 Å². The van der Waals surface area contributed by atoms with Gasteiger partial charge in [0.2, 0.25) is 0 Å². The predicted octanol–water partition coefficient (Wildman–Crippen LogP) is 2.95. The Labute approximate surface area is 84.3 Å². The van der Waals surface area contributed by atoms with Gasteiger partial charge in [-0.2, -0.15) is 0 Å². The van der Waals surface area contributed by atoms with Crippen LogP contribution in [0.15, 0.2) is 12.1 Å². The summed E-state index contributed by atoms with van der Waals surface area (Å²) in [4.78, 5) is 4.39. The summed E-state index contributed by atoms with van der Waals surface area (Å²) in [6, 6.07) is 3.99. The topological polar surface area (TPSA) is 24.9 Å². The van der Waals surface area contributed by atoms with Crippen LogP contribution in [0.2, 0.25) is 0 Å². The van der Waals surface area contributed by atoms with E-state index in [0.717, 1.165) is 30.0 Å². The van der Waals surface area contributed by atoms with E-state index < -0.39 is 0 Å². The second-order valence-electron chi connectivity index (χ2n) is 3.00. The van der Waals surface area contributed by atoms with E-state index in [4.69, 9.17) is 11.6 Å². The van der Waals surface area contributed by atoms with Crippen molar-refractivity contribution in [3.8, 4) is 0 Å². The van der Waals surface area contributed by atoms with E-state index >= 15 is 0 Å². The molecule has 0 bridgehead atoms. The third kappa shape index (κ3) is 2.88. The highest BCUT2D eigenvalue weighted by Gasteiger charge is 1.99. The van der Waals surface area contributed by atoms with Gasteiger partial charge in [0.25, 0.3) is 0 Å². The van der Waals surface area contributed by atoms with Crippen molar-refractivity contribution in [1.29, 1.82) is 0 Å². The molecule has 0 radical (unpaired) electrons. The van der Waals surface area contributed by atoms with E-state index in [1.54, 1.807) is 0 Å². The number of nitrogens with one attached hydrogen (secondary N) is 1. The van der Waals surface area contributed by atoms with Crippen LogP contribution >= 0.6 is 11.6 Å². The fourth-order valence-electron chi connectivity index (χ4n) is 1.08. The minimum Gasteiger partial charge on any atom is -0.370 e. The number of rotatable bonds is 4. The summed E-state index contributed by atoms with van der Waals surface area (Å²) in [5.74, 6) is 1.47. The number of aromatic nitrogens is 1. The Morgan fingerprint density at radius 2 is 2.23 bits per heavy atom. The van der Waals surface area contributed by atoms with Crippen molar-refractivity contribution >= 4 is 17.4 Å². The van der Waals surface area contributed by atoms with Crippen molar-refractivity contribution in [2.24, 2.45) is 0 Å². The third-order valence-electron chi connectivity index (χ3n) is 1.90. The van der Waals surface area contributed by atoms with E-state index in [1.165, 1.54) is 0 Å². The Kier molecular flexibility index (Phi) is 4.03. The number of anilines is 1. The summed E-state index contributed by atoms with van der Waals surface area (Å²) in [5, 5.41) is 3.23. The molecule has 1 aromatic rings. The maximum atomic E-state index is 5.73. The molecule has 0 aromatic carbocycles. The molecule has 72 valence electrons. The zero-order valence-electron chi connectivity index (χ0n) is 8.10. The largest absolute Gasteiger partial charge is 0.370 e. The molecule has 0 aliphatic carbocycles. The molecule has 0 spiro atoms. The second kappa shape index (κ2) is 5.07. The van der Waals surface area contributed by atoms with E-state index in [1.807, 2.05) is 19.1 Å². The van der Waals surface area contributed by atoms with Crippen molar-refractivity contribution in [3.63, 3.8) is 0 Å². The first-order valence-corrected chi connectivity index (χ1v) is 5.07. The molecular weight excluding hydrogens is 184 g/mol. The molecule has 3 heteroatoms. The van der Waals surface area contributed by atoms with Crippen LogP contribution in [0.4, 0.5) is 5.82 Å². The average molecular weight is 199 g/mol. The molecule has 0 atom stereocenters. The summed E-state index contributed by atoms with van der Waals surface area (Å²) in [7, 11) is 0. The van der Waals surface area contributed by atoms with Gasteiger partial charge in [0.1, 0.15) is 5.82 Å². The van der Waals surface area contributed by atoms with Gasteiger partial charge in [0, 0.05) is 18.1 Å². The molecule has 0 aliphatic heterocycles. The average Bonchev–Trinajstić information content (AvgIpc) is 2.15. The van der Waals surface area contributed by atoms with Gasteiger partial charge in [-0.1, -0.05) is 13.0 Å². The number of hydrogen-bond acceptors (Lipinski definition) is 2. The zero-order valence-corrected chi connectivity index (χ0v) is 8.86. The molecule has 1 rings (SSSR count). The van der Waals surface area contributed by atoms with Crippen molar-refractivity contribution < 1.29 is 0 Å². The van der Waals surface area contributed by atoms with E-state index in [2.05, 4.69) is 17.2 Å². The molecule has 0 saturated heterocycles. The number of alkyl halides is 1. The summed E-state index contributed by atoms with van der Waals surface area (Å²) in [5.41, 5.74) is 2.11. The quantitative estimate of drug-likeness (QED) is 0.753. The molecular formula is C10H15ClN2. The first-order chi connectivity index (χ1) is 6.27. The summed E-state index contributed by atoms with van der Waals surface area (Å²) < 4.78 is 0. The Morgan fingerprint density at radius 1 is 1.46 bits per heavy atom. The highest BCUT2D eigenvalue weighted by Crippen LogP contribution is 2.12. The standard InChI is InChI=1S/C10H15ClN2/c1-3-6-12-10-5-4-9(7-11)8(2)13-10/h4-5H,3,6-7H2,1-2H3,(H,12,13). The van der Waals surface area contributed by atoms with Crippen LogP contribution in [-0.4, -0.2) is 11.5 Å². The molecule has 0 unspecified atom stereocenters. The van der Waals surface area contributed by atoms with Crippen molar-refractivity contribution in [1.82, 2.24) is 4.98 Å². The van der Waals surface area contributed by atoms with Gasteiger partial charge in [-0.15, -0.1) is 11.6 Å². The van der Waals surface area contributed by atoms with Gasteiger partial charge >= 0.3 is 0 Å². The fraction of sp³-hybridized carbons (Fsp3) is 0.500. The predicted molar refractivity (Wildman–Crippen MR) is 57.3 cm³/mol. The normalized spacial score (nSPS) is 10.1. The van der Waals surface area contributed by atoms with Gasteiger partial charge in [-0.05, 0) is 25.0 Å². The van der Waals surface area contributed by atoms with Gasteiger partial charge in [-0.3, -0.25) is 0 Å². The Hall–Kier alpha value is -0.760. The smallest absolute Gasteiger partial charge is 0.126 e. The van der Waals surface area contributed by atoms with Crippen LogP contribution in [0, 0.1) is 6.92 Å². The molecule has 0 fully saturated rings. The molecule has 0 amide bonds. The number of halogens is 1. The molecule has 1 N–H and O–H groups in total. The molecule has 13 heavy (non-hydrogen) atoms. The highest BCUT2D eigenvalue weighted by atomic mass is 35.5. The second-order valence-corrected chi connectivity index (χ2v) is 3.27. The first-order valence-electron chi connectivity index (χ1n) is 4.54. The first kappa shape index (κ1) is 10.3. The van der Waals surface area contributed by atoms with Crippen LogP contribution in [-0.2, 0) is 5.88 Å². The Morgan fingerprint density at radius 3 is 2.77 bits per heavy atom. The molecule has 0 aliphatic rings. The minimum absolute atomic E-state index is 0.535. The van der Waals surface area contributed by atoms with Crippen molar-refractivity contribution in [2.45, 2.75) is 26.1 Å². The lowest BCUT2D eigenvalue weighted by Gasteiger charge is -2.06. The maximum absolute atomic E-state index is 5.73. The molecule has 2 nitrogen and oxygen atoms in total. The van der Waals surface area contributed by atoms with Crippen LogP contribution < -0.4 is 5.32 Å². The molecule has 1 heterocycles. The van der Waals surface area contributed by atoms with Gasteiger partial charge < -0.3 is 5.32 Å². The number of nitrogens with zero attached hydrogens (tertiary/aromatic N) is 1. The minimum atomic E-state index is 0.535. The highest BCUT2D eigenvalue weighted by molar-refractivity contribution is 6.17. The maximum Gasteiger partial charge on any atom is 0.126 e. The number of aryl methyl sites for hydroxylation is 1. The van der Waals surface area contributed by atoms with Gasteiger partial charge in [0.15, 0.2) is 0 Å². The fourth-order valence-corrected chi connectivity index (χ4v) is 1.37. The monoisotopic (exact) mass is 198 g/mol. The Balaban J connectivity index is 2.71. The Bertz CT molecular complexity index is 274. The lowest BCUT2D eigenvalue weighted by molar-refractivity contribution is 0.963. The van der Waals surface area contributed by atoms with Crippen molar-refractivity contribution in [2.75, 3.05) is 11.9 Å². The van der Waals surface area contributed by atoms with Crippen LogP contribution in [0.5, 0.6) is 0 Å². The van der Waals surface area contributed by atoms with E-state index in [9.17, 15) is 0 Å². The molecule has 0 saturated carbocycles. The van der Waals surface area contributed by atoms with Gasteiger partial charge in [-0.25, -0.2) is 4.98 Å². The van der Waals surface area contributed by atoms with Crippen LogP contribution in [0.1, 0.15) is 24.6 Å². The number of pyridine rings is 1. The summed E-state index contributed by atoms with van der Waals surface area (Å²) in [6.45, 7) is 5.08. The lowest BCUT2D eigenvalue weighted by Crippen LogP contribution is -2.03. The zero-order chi connectivity index (χ0) is 9.68. The third-order valence-corrected chi connectivity index (χ3v) is 2.18. The van der Waals surface area contributed by atoms with E-state index in [0.29, 0.717) is 5.88 Å². The molecule has 1 aromatic heterocycles. The van der Waals surface area contributed by atoms with Crippen molar-refractivity contribution in [3.05, 3.63) is 23.4 Å². The SMILES string of the molecule is CCCNc1ccc(CCl)c(C)n1. The summed E-state index contributed by atoms with van der Waals surface area (Å²) in [6.07, 6.45) is 1.11. The van der Waals surface area contributed by atoms with Gasteiger partial charge in [0.05, 0.1) is 0 Å².